The van der Waals surface area contributed by atoms with Gasteiger partial charge < -0.3 is 51.8 Å². The molecular formula is C28H33N5O9. The minimum atomic E-state index is -1.83. The zero-order valence-corrected chi connectivity index (χ0v) is 23.2. The summed E-state index contributed by atoms with van der Waals surface area (Å²) in [5.74, 6) is -2.87. The first-order valence-corrected chi connectivity index (χ1v) is 13.3. The Bertz CT molecular complexity index is 1520. The van der Waals surface area contributed by atoms with Crippen LogP contribution in [0.5, 0.6) is 17.2 Å². The molecular weight excluding hydrogens is 550 g/mol. The highest BCUT2D eigenvalue weighted by atomic mass is 16.7. The van der Waals surface area contributed by atoms with Gasteiger partial charge in [-0.05, 0) is 19.9 Å². The first-order chi connectivity index (χ1) is 19.8. The lowest BCUT2D eigenvalue weighted by molar-refractivity contribution is -0.245. The lowest BCUT2D eigenvalue weighted by atomic mass is 9.72. The van der Waals surface area contributed by atoms with Crippen LogP contribution in [0.1, 0.15) is 75.8 Å². The molecule has 1 heterocycles. The van der Waals surface area contributed by atoms with E-state index in [1.807, 2.05) is 0 Å². The van der Waals surface area contributed by atoms with Gasteiger partial charge in [0.05, 0.1) is 47.8 Å². The number of aliphatic hydroxyl groups excluding tert-OH is 1. The van der Waals surface area contributed by atoms with Crippen LogP contribution in [0.25, 0.3) is 0 Å². The fourth-order valence-electron chi connectivity index (χ4n) is 5.89. The molecule has 1 aliphatic heterocycles. The number of aliphatic hydroxyl groups is 2. The SMILES string of the molecule is COc1cccc2c1C(=O)c1c(O)c3c(c(O)c1C2=O)CC(O)(/C(C)=N\N=C(N)N)CC3O[C@H]1C[C@H](N)[C@H](O)[C@H](C)O1. The third-order valence-corrected chi connectivity index (χ3v) is 8.13. The van der Waals surface area contributed by atoms with E-state index < -0.39 is 70.4 Å². The number of ketones is 2. The highest BCUT2D eigenvalue weighted by Gasteiger charge is 2.49. The summed E-state index contributed by atoms with van der Waals surface area (Å²) in [6.07, 6.45) is -4.36. The van der Waals surface area contributed by atoms with Crippen LogP contribution in [0.15, 0.2) is 28.4 Å². The Morgan fingerprint density at radius 1 is 1.10 bits per heavy atom. The van der Waals surface area contributed by atoms with Crippen LogP contribution >= 0.6 is 0 Å². The molecule has 0 aromatic heterocycles. The molecule has 0 amide bonds. The van der Waals surface area contributed by atoms with E-state index in [9.17, 15) is 30.0 Å². The summed E-state index contributed by atoms with van der Waals surface area (Å²) in [5.41, 5.74) is 14.2. The van der Waals surface area contributed by atoms with E-state index in [4.69, 9.17) is 31.4 Å². The predicted molar refractivity (Wildman–Crippen MR) is 149 cm³/mol. The Morgan fingerprint density at radius 2 is 1.79 bits per heavy atom. The quantitative estimate of drug-likeness (QED) is 0.0914. The summed E-state index contributed by atoms with van der Waals surface area (Å²) in [5, 5.41) is 52.7. The van der Waals surface area contributed by atoms with Gasteiger partial charge in [0.25, 0.3) is 0 Å². The van der Waals surface area contributed by atoms with Crippen molar-refractivity contribution in [1.29, 1.82) is 0 Å². The molecule has 6 atom stereocenters. The van der Waals surface area contributed by atoms with Gasteiger partial charge in [-0.25, -0.2) is 0 Å². The van der Waals surface area contributed by atoms with Crippen LogP contribution < -0.4 is 21.9 Å². The molecule has 224 valence electrons. The predicted octanol–water partition coefficient (Wildman–Crippen LogP) is 0.0892. The maximum Gasteiger partial charge on any atom is 0.211 e. The van der Waals surface area contributed by atoms with Gasteiger partial charge in [0.15, 0.2) is 12.1 Å². The number of fused-ring (bicyclic) bond motifs is 3. The standard InChI is InChI=1S/C28H33N5O9/c1-10-22(34)14(29)7-17(41-10)42-16-9-28(39,11(2)32-33-27(30)31)8-13-19(16)26(38)21-20(24(13)36)23(35)12-5-4-6-15(40-3)18(12)25(21)37/h4-6,10,14,16-17,22,34,36,38-39H,7-9,29H2,1-3H3,(H4,30,31,33)/b32-11-/t10-,14-,16?,17-,22+,28?/m0/s1. The fraction of sp³-hybridized carbons (Fsp3) is 0.429. The van der Waals surface area contributed by atoms with E-state index >= 15 is 0 Å². The lowest BCUT2D eigenvalue weighted by Gasteiger charge is -2.42. The number of guanidine groups is 1. The Kier molecular flexibility index (Phi) is 7.45. The Hall–Kier alpha value is -4.08. The largest absolute Gasteiger partial charge is 0.507 e. The van der Waals surface area contributed by atoms with Crippen LogP contribution in [-0.4, -0.2) is 80.9 Å². The molecule has 2 aliphatic carbocycles. The summed E-state index contributed by atoms with van der Waals surface area (Å²) >= 11 is 0. The molecule has 1 saturated heterocycles. The molecule has 2 unspecified atom stereocenters. The van der Waals surface area contributed by atoms with Gasteiger partial charge >= 0.3 is 0 Å². The zero-order chi connectivity index (χ0) is 30.7. The fourth-order valence-corrected chi connectivity index (χ4v) is 5.89. The van der Waals surface area contributed by atoms with Crippen molar-refractivity contribution in [2.45, 2.75) is 69.4 Å². The summed E-state index contributed by atoms with van der Waals surface area (Å²) in [6, 6.07) is 3.76. The molecule has 3 aliphatic rings. The van der Waals surface area contributed by atoms with Crippen molar-refractivity contribution in [3.8, 4) is 17.2 Å². The van der Waals surface area contributed by atoms with Gasteiger partial charge in [-0.1, -0.05) is 12.1 Å². The summed E-state index contributed by atoms with van der Waals surface area (Å²) in [4.78, 5) is 27.4. The van der Waals surface area contributed by atoms with E-state index in [1.165, 1.54) is 32.2 Å². The van der Waals surface area contributed by atoms with Crippen molar-refractivity contribution in [3.63, 3.8) is 0 Å². The molecule has 0 spiro atoms. The number of carbonyl (C=O) groups is 2. The summed E-state index contributed by atoms with van der Waals surface area (Å²) < 4.78 is 17.3. The van der Waals surface area contributed by atoms with Crippen LogP contribution in [0, 0.1) is 0 Å². The number of carbonyl (C=O) groups excluding carboxylic acids is 2. The Labute approximate surface area is 240 Å². The first kappa shape index (κ1) is 29.4. The van der Waals surface area contributed by atoms with Crippen molar-refractivity contribution >= 4 is 23.2 Å². The van der Waals surface area contributed by atoms with Gasteiger partial charge in [0, 0.05) is 42.0 Å². The number of phenols is 2. The van der Waals surface area contributed by atoms with Crippen molar-refractivity contribution in [1.82, 2.24) is 0 Å². The average Bonchev–Trinajstić information content (AvgIpc) is 2.94. The maximum atomic E-state index is 13.8. The van der Waals surface area contributed by atoms with Gasteiger partial charge in [-0.2, -0.15) is 5.10 Å². The number of hydrogen-bond donors (Lipinski definition) is 7. The molecule has 14 nitrogen and oxygen atoms in total. The molecule has 0 saturated carbocycles. The second-order valence-electron chi connectivity index (χ2n) is 10.8. The normalized spacial score (nSPS) is 28.9. The lowest BCUT2D eigenvalue weighted by Crippen LogP contribution is -2.52. The zero-order valence-electron chi connectivity index (χ0n) is 23.2. The molecule has 0 radical (unpaired) electrons. The minimum absolute atomic E-state index is 0.0111. The summed E-state index contributed by atoms with van der Waals surface area (Å²) in [6.45, 7) is 3.08. The Morgan fingerprint density at radius 3 is 2.43 bits per heavy atom. The highest BCUT2D eigenvalue weighted by Crippen LogP contribution is 2.52. The van der Waals surface area contributed by atoms with Crippen molar-refractivity contribution in [3.05, 3.63) is 51.6 Å². The number of nitrogens with two attached hydrogens (primary N) is 3. The number of methoxy groups -OCH3 is 1. The molecule has 2 aromatic carbocycles. The minimum Gasteiger partial charge on any atom is -0.507 e. The number of aromatic hydroxyl groups is 2. The number of nitrogens with zero attached hydrogens (tertiary/aromatic N) is 2. The molecule has 42 heavy (non-hydrogen) atoms. The molecule has 10 N–H and O–H groups in total. The van der Waals surface area contributed by atoms with Gasteiger partial charge in [-0.3, -0.25) is 9.59 Å². The third-order valence-electron chi connectivity index (χ3n) is 8.13. The molecule has 5 rings (SSSR count). The van der Waals surface area contributed by atoms with Crippen LogP contribution in [0.4, 0.5) is 0 Å². The van der Waals surface area contributed by atoms with E-state index in [0.29, 0.717) is 0 Å². The van der Waals surface area contributed by atoms with Gasteiger partial charge in [0.2, 0.25) is 11.7 Å². The number of benzene rings is 2. The van der Waals surface area contributed by atoms with Crippen LogP contribution in [-0.2, 0) is 15.9 Å². The second kappa shape index (κ2) is 10.6. The molecule has 2 aromatic rings. The monoisotopic (exact) mass is 583 g/mol. The van der Waals surface area contributed by atoms with Crippen molar-refractivity contribution in [2.24, 2.45) is 27.4 Å². The topological polar surface area (TPSA) is 246 Å². The first-order valence-electron chi connectivity index (χ1n) is 13.3. The second-order valence-corrected chi connectivity index (χ2v) is 10.8. The van der Waals surface area contributed by atoms with Gasteiger partial charge in [0.1, 0.15) is 22.8 Å². The number of rotatable bonds is 5. The van der Waals surface area contributed by atoms with Gasteiger partial charge in [-0.15, -0.1) is 5.10 Å². The number of phenolic OH excluding ortho intramolecular Hbond substituents is 2. The Balaban J connectivity index is 1.69. The third kappa shape index (κ3) is 4.66. The van der Waals surface area contributed by atoms with Crippen molar-refractivity contribution < 1.29 is 44.2 Å². The maximum absolute atomic E-state index is 13.8. The van der Waals surface area contributed by atoms with Crippen LogP contribution in [0.3, 0.4) is 0 Å². The molecule has 14 heteroatoms. The molecule has 1 fully saturated rings. The van der Waals surface area contributed by atoms with E-state index in [1.54, 1.807) is 6.92 Å². The highest BCUT2D eigenvalue weighted by molar-refractivity contribution is 6.31. The van der Waals surface area contributed by atoms with Crippen LogP contribution in [0.2, 0.25) is 0 Å². The number of ether oxygens (including phenoxy) is 3. The smallest absolute Gasteiger partial charge is 0.211 e. The summed E-state index contributed by atoms with van der Waals surface area (Å²) in [7, 11) is 1.34. The van der Waals surface area contributed by atoms with E-state index in [0.717, 1.165) is 0 Å². The molecule has 0 bridgehead atoms. The van der Waals surface area contributed by atoms with E-state index in [2.05, 4.69) is 10.2 Å². The number of hydrogen-bond acceptors (Lipinski definition) is 12. The van der Waals surface area contributed by atoms with E-state index in [-0.39, 0.29) is 58.9 Å². The van der Waals surface area contributed by atoms with Crippen molar-refractivity contribution in [2.75, 3.05) is 7.11 Å². The average molecular weight is 584 g/mol.